The fourth-order valence-corrected chi connectivity index (χ4v) is 2.20. The Morgan fingerprint density at radius 1 is 1.23 bits per heavy atom. The number of nitrogens with two attached hydrogens (primary N) is 2. The Kier molecular flexibility index (Phi) is 3.52. The minimum atomic E-state index is -0.980. The SMILES string of the molecule is Cc1cccc(Oc2cc(C3(N)C=CC=C(N)N3)ncn2)c1. The monoisotopic (exact) mass is 295 g/mol. The van der Waals surface area contributed by atoms with Crippen molar-refractivity contribution in [3.8, 4) is 11.6 Å². The highest BCUT2D eigenvalue weighted by Gasteiger charge is 2.28. The molecule has 2 heterocycles. The Morgan fingerprint density at radius 2 is 2.09 bits per heavy atom. The number of hydrogen-bond acceptors (Lipinski definition) is 6. The molecule has 1 aromatic carbocycles. The summed E-state index contributed by atoms with van der Waals surface area (Å²) in [6, 6.07) is 9.41. The number of ether oxygens (including phenoxy) is 1. The second kappa shape index (κ2) is 5.50. The molecule has 22 heavy (non-hydrogen) atoms. The molecule has 0 saturated carbocycles. The van der Waals surface area contributed by atoms with E-state index in [4.69, 9.17) is 16.2 Å². The van der Waals surface area contributed by atoms with Crippen molar-refractivity contribution in [2.45, 2.75) is 12.6 Å². The van der Waals surface area contributed by atoms with E-state index < -0.39 is 5.66 Å². The molecule has 0 amide bonds. The maximum Gasteiger partial charge on any atom is 0.222 e. The molecular weight excluding hydrogens is 278 g/mol. The number of dihydropyridines is 1. The third-order valence-corrected chi connectivity index (χ3v) is 3.26. The summed E-state index contributed by atoms with van der Waals surface area (Å²) in [6.45, 7) is 2.00. The van der Waals surface area contributed by atoms with Crippen LogP contribution < -0.4 is 21.5 Å². The van der Waals surface area contributed by atoms with Gasteiger partial charge in [0.15, 0.2) is 5.66 Å². The van der Waals surface area contributed by atoms with Crippen molar-refractivity contribution in [1.82, 2.24) is 15.3 Å². The molecule has 3 rings (SSSR count). The number of allylic oxidation sites excluding steroid dienone is 2. The minimum absolute atomic E-state index is 0.420. The molecule has 0 bridgehead atoms. The van der Waals surface area contributed by atoms with E-state index in [2.05, 4.69) is 15.3 Å². The molecule has 6 heteroatoms. The van der Waals surface area contributed by atoms with Crippen LogP contribution in [0.2, 0.25) is 0 Å². The van der Waals surface area contributed by atoms with Gasteiger partial charge in [-0.2, -0.15) is 0 Å². The number of hydrogen-bond donors (Lipinski definition) is 3. The molecular formula is C16H17N5O. The van der Waals surface area contributed by atoms with Gasteiger partial charge in [0.1, 0.15) is 12.1 Å². The Bertz CT molecular complexity index is 756. The summed E-state index contributed by atoms with van der Waals surface area (Å²) in [7, 11) is 0. The van der Waals surface area contributed by atoms with Crippen molar-refractivity contribution in [3.63, 3.8) is 0 Å². The minimum Gasteiger partial charge on any atom is -0.439 e. The molecule has 1 unspecified atom stereocenters. The van der Waals surface area contributed by atoms with Gasteiger partial charge < -0.3 is 21.5 Å². The van der Waals surface area contributed by atoms with Crippen LogP contribution in [0.1, 0.15) is 11.3 Å². The topological polar surface area (TPSA) is 99.1 Å². The Balaban J connectivity index is 1.87. The van der Waals surface area contributed by atoms with E-state index >= 15 is 0 Å². The van der Waals surface area contributed by atoms with Crippen molar-refractivity contribution in [1.29, 1.82) is 0 Å². The summed E-state index contributed by atoms with van der Waals surface area (Å²) in [4.78, 5) is 8.34. The summed E-state index contributed by atoms with van der Waals surface area (Å²) in [5, 5.41) is 2.99. The van der Waals surface area contributed by atoms with Gasteiger partial charge in [-0.15, -0.1) is 0 Å². The van der Waals surface area contributed by atoms with Crippen LogP contribution in [0.3, 0.4) is 0 Å². The third kappa shape index (κ3) is 2.91. The van der Waals surface area contributed by atoms with Crippen LogP contribution in [-0.4, -0.2) is 9.97 Å². The molecule has 0 fully saturated rings. The van der Waals surface area contributed by atoms with Gasteiger partial charge in [-0.25, -0.2) is 9.97 Å². The predicted molar refractivity (Wildman–Crippen MR) is 83.7 cm³/mol. The lowest BCUT2D eigenvalue weighted by molar-refractivity contribution is 0.434. The van der Waals surface area contributed by atoms with Crippen LogP contribution in [0.15, 0.2) is 60.7 Å². The molecule has 2 aromatic rings. The molecule has 5 N–H and O–H groups in total. The predicted octanol–water partition coefficient (Wildman–Crippen LogP) is 1.65. The van der Waals surface area contributed by atoms with Gasteiger partial charge in [-0.3, -0.25) is 0 Å². The number of aryl methyl sites for hydroxylation is 1. The smallest absolute Gasteiger partial charge is 0.222 e. The molecule has 0 radical (unpaired) electrons. The first-order valence-corrected chi connectivity index (χ1v) is 6.84. The average Bonchev–Trinajstić information content (AvgIpc) is 2.47. The number of nitrogens with one attached hydrogen (secondary N) is 1. The molecule has 6 nitrogen and oxygen atoms in total. The summed E-state index contributed by atoms with van der Waals surface area (Å²) in [5.41, 5.74) is 12.8. The maximum absolute atomic E-state index is 6.29. The maximum atomic E-state index is 6.29. The van der Waals surface area contributed by atoms with Crippen LogP contribution in [0.25, 0.3) is 0 Å². The van der Waals surface area contributed by atoms with E-state index in [1.54, 1.807) is 24.3 Å². The van der Waals surface area contributed by atoms with Crippen molar-refractivity contribution in [2.24, 2.45) is 11.5 Å². The standard InChI is InChI=1S/C16H17N5O/c1-11-4-2-5-12(8-11)22-15-9-13(19-10-20-15)16(18)7-3-6-14(17)21-16/h2-10,21H,17-18H2,1H3. The molecule has 0 aliphatic carbocycles. The van der Waals surface area contributed by atoms with Crippen LogP contribution in [0.4, 0.5) is 0 Å². The van der Waals surface area contributed by atoms with E-state index in [-0.39, 0.29) is 0 Å². The highest BCUT2D eigenvalue weighted by molar-refractivity contribution is 5.34. The van der Waals surface area contributed by atoms with Crippen LogP contribution >= 0.6 is 0 Å². The fourth-order valence-electron chi connectivity index (χ4n) is 2.20. The Morgan fingerprint density at radius 3 is 2.86 bits per heavy atom. The largest absolute Gasteiger partial charge is 0.439 e. The van der Waals surface area contributed by atoms with Crippen molar-refractivity contribution in [3.05, 3.63) is 72.0 Å². The summed E-state index contributed by atoms with van der Waals surface area (Å²) in [6.07, 6.45) is 6.72. The quantitative estimate of drug-likeness (QED) is 0.796. The van der Waals surface area contributed by atoms with E-state index in [1.165, 1.54) is 6.33 Å². The first-order valence-electron chi connectivity index (χ1n) is 6.84. The van der Waals surface area contributed by atoms with E-state index in [0.717, 1.165) is 5.56 Å². The van der Waals surface area contributed by atoms with Crippen molar-refractivity contribution < 1.29 is 4.74 Å². The lowest BCUT2D eigenvalue weighted by atomic mass is 10.0. The van der Waals surface area contributed by atoms with Gasteiger partial charge in [0.05, 0.1) is 11.5 Å². The zero-order chi connectivity index (χ0) is 15.6. The lowest BCUT2D eigenvalue weighted by Crippen LogP contribution is -2.51. The van der Waals surface area contributed by atoms with Gasteiger partial charge >= 0.3 is 0 Å². The van der Waals surface area contributed by atoms with Crippen molar-refractivity contribution in [2.75, 3.05) is 0 Å². The fraction of sp³-hybridized carbons (Fsp3) is 0.125. The molecule has 112 valence electrons. The molecule has 1 aromatic heterocycles. The first-order chi connectivity index (χ1) is 10.5. The molecule has 0 saturated heterocycles. The Labute approximate surface area is 128 Å². The van der Waals surface area contributed by atoms with E-state index in [9.17, 15) is 0 Å². The molecule has 1 aliphatic heterocycles. The summed E-state index contributed by atoms with van der Waals surface area (Å²) >= 11 is 0. The van der Waals surface area contributed by atoms with E-state index in [0.29, 0.717) is 23.1 Å². The van der Waals surface area contributed by atoms with Crippen LogP contribution in [-0.2, 0) is 5.66 Å². The highest BCUT2D eigenvalue weighted by atomic mass is 16.5. The van der Waals surface area contributed by atoms with Gasteiger partial charge in [-0.05, 0) is 36.8 Å². The average molecular weight is 295 g/mol. The van der Waals surface area contributed by atoms with Crippen molar-refractivity contribution >= 4 is 0 Å². The molecule has 1 aliphatic rings. The number of benzene rings is 1. The second-order valence-electron chi connectivity index (χ2n) is 5.14. The number of rotatable bonds is 3. The zero-order valence-corrected chi connectivity index (χ0v) is 12.2. The second-order valence-corrected chi connectivity index (χ2v) is 5.14. The number of nitrogens with zero attached hydrogens (tertiary/aromatic N) is 2. The van der Waals surface area contributed by atoms with Gasteiger partial charge in [0.25, 0.3) is 0 Å². The van der Waals surface area contributed by atoms with Gasteiger partial charge in [0.2, 0.25) is 5.88 Å². The lowest BCUT2D eigenvalue weighted by Gasteiger charge is -2.30. The normalized spacial score (nSPS) is 20.2. The molecule has 1 atom stereocenters. The summed E-state index contributed by atoms with van der Waals surface area (Å²) < 4.78 is 5.76. The van der Waals surface area contributed by atoms with Crippen LogP contribution in [0.5, 0.6) is 11.6 Å². The first kappa shape index (κ1) is 14.1. The number of aromatic nitrogens is 2. The Hall–Kier alpha value is -2.86. The van der Waals surface area contributed by atoms with E-state index in [1.807, 2.05) is 31.2 Å². The summed E-state index contributed by atoms with van der Waals surface area (Å²) in [5.74, 6) is 1.61. The van der Waals surface area contributed by atoms with Crippen LogP contribution in [0, 0.1) is 6.92 Å². The third-order valence-electron chi connectivity index (χ3n) is 3.26. The highest BCUT2D eigenvalue weighted by Crippen LogP contribution is 2.24. The van der Waals surface area contributed by atoms with Gasteiger partial charge in [0, 0.05) is 6.07 Å². The molecule has 0 spiro atoms. The zero-order valence-electron chi connectivity index (χ0n) is 12.2. The van der Waals surface area contributed by atoms with Gasteiger partial charge in [-0.1, -0.05) is 18.2 Å².